The minimum absolute atomic E-state index is 0.0297. The highest BCUT2D eigenvalue weighted by Gasteiger charge is 2.41. The second-order valence-corrected chi connectivity index (χ2v) is 9.60. The molecule has 3 aromatic rings. The fourth-order valence-electron chi connectivity index (χ4n) is 4.87. The van der Waals surface area contributed by atoms with Crippen LogP contribution in [0, 0.1) is 16.0 Å². The van der Waals surface area contributed by atoms with Gasteiger partial charge >= 0.3 is 5.97 Å². The van der Waals surface area contributed by atoms with Gasteiger partial charge in [0.05, 0.1) is 42.6 Å². The lowest BCUT2D eigenvalue weighted by Gasteiger charge is -2.30. The van der Waals surface area contributed by atoms with E-state index in [1.54, 1.807) is 38.1 Å². The first-order valence-electron chi connectivity index (χ1n) is 13.5. The number of aliphatic hydroxyl groups is 1. The molecule has 0 aliphatic carbocycles. The maximum absolute atomic E-state index is 13.7. The van der Waals surface area contributed by atoms with Gasteiger partial charge in [0.2, 0.25) is 0 Å². The van der Waals surface area contributed by atoms with E-state index < -0.39 is 34.4 Å². The van der Waals surface area contributed by atoms with Gasteiger partial charge in [0.25, 0.3) is 11.2 Å². The Balaban J connectivity index is 1.51. The molecular weight excluding hydrogens is 546 g/mol. The summed E-state index contributed by atoms with van der Waals surface area (Å²) in [6.07, 6.45) is 0.617. The zero-order valence-corrected chi connectivity index (χ0v) is 23.6. The van der Waals surface area contributed by atoms with E-state index in [-0.39, 0.29) is 37.6 Å². The van der Waals surface area contributed by atoms with E-state index in [2.05, 4.69) is 15.4 Å². The van der Waals surface area contributed by atoms with E-state index in [0.29, 0.717) is 35.0 Å². The first kappa shape index (κ1) is 30.3. The van der Waals surface area contributed by atoms with Gasteiger partial charge in [-0.2, -0.15) is 5.10 Å². The number of fused-ring (bicyclic) bond motifs is 1. The second-order valence-electron chi connectivity index (χ2n) is 9.60. The molecule has 0 amide bonds. The Labute approximate surface area is 241 Å². The molecule has 3 atom stereocenters. The summed E-state index contributed by atoms with van der Waals surface area (Å²) in [5, 5.41) is 29.2. The number of benzene rings is 2. The lowest BCUT2D eigenvalue weighted by Crippen LogP contribution is -2.40. The summed E-state index contributed by atoms with van der Waals surface area (Å²) in [6, 6.07) is 13.0. The molecular formula is C29H33N5O8. The quantitative estimate of drug-likeness (QED) is 0.133. The van der Waals surface area contributed by atoms with Crippen LogP contribution < -0.4 is 20.3 Å². The number of carbonyl (C=O) groups is 1. The minimum Gasteiger partial charge on any atom is -0.493 e. The van der Waals surface area contributed by atoms with Crippen LogP contribution in [0.2, 0.25) is 0 Å². The Kier molecular flexibility index (Phi) is 9.99. The molecule has 1 aromatic heterocycles. The Hall–Kier alpha value is -4.62. The van der Waals surface area contributed by atoms with Crippen LogP contribution in [0.5, 0.6) is 11.5 Å². The van der Waals surface area contributed by atoms with Gasteiger partial charge in [-0.15, -0.1) is 0 Å². The molecule has 0 spiro atoms. The monoisotopic (exact) mass is 579 g/mol. The number of carbonyl (C=O) groups excluding carboxylic acids is 1. The number of non-ortho nitro benzene ring substituents is 1. The molecule has 13 nitrogen and oxygen atoms in total. The van der Waals surface area contributed by atoms with Gasteiger partial charge in [-0.25, -0.2) is 4.68 Å². The van der Waals surface area contributed by atoms with Crippen LogP contribution in [0.4, 0.5) is 11.4 Å². The number of nitro groups is 1. The topological polar surface area (TPSA) is 167 Å². The highest BCUT2D eigenvalue weighted by molar-refractivity contribution is 6.05. The van der Waals surface area contributed by atoms with Crippen molar-refractivity contribution in [3.05, 3.63) is 86.3 Å². The molecule has 1 aliphatic rings. The first-order chi connectivity index (χ1) is 20.2. The SMILES string of the molecule is CCOC(=O)C1C(C)=Nc2cnn(CCNCC(O)COc3ccccc3OC)c(=O)c2C1c1cccc([N+](=O)[O-])c1. The fourth-order valence-corrected chi connectivity index (χ4v) is 4.87. The molecule has 4 rings (SSSR count). The fraction of sp³-hybridized carbons (Fsp3) is 0.379. The molecule has 2 N–H and O–H groups in total. The summed E-state index contributed by atoms with van der Waals surface area (Å²) in [5.41, 5.74) is 0.702. The highest BCUT2D eigenvalue weighted by atomic mass is 16.6. The molecule has 2 heterocycles. The average Bonchev–Trinajstić information content (AvgIpc) is 2.98. The van der Waals surface area contributed by atoms with Gasteiger partial charge in [-0.3, -0.25) is 24.7 Å². The Morgan fingerprint density at radius 1 is 1.21 bits per heavy atom. The number of nitrogens with zero attached hydrogens (tertiary/aromatic N) is 4. The van der Waals surface area contributed by atoms with Crippen LogP contribution in [0.1, 0.15) is 30.9 Å². The van der Waals surface area contributed by atoms with Crippen LogP contribution in [0.15, 0.2) is 64.5 Å². The maximum atomic E-state index is 13.7. The molecule has 1 aliphatic heterocycles. The summed E-state index contributed by atoms with van der Waals surface area (Å²) in [5.74, 6) is -1.31. The first-order valence-corrected chi connectivity index (χ1v) is 13.5. The van der Waals surface area contributed by atoms with E-state index in [1.165, 1.54) is 36.2 Å². The molecule has 0 bridgehead atoms. The van der Waals surface area contributed by atoms with Crippen molar-refractivity contribution in [2.45, 2.75) is 32.4 Å². The minimum atomic E-state index is -0.945. The number of nitrogens with one attached hydrogen (secondary N) is 1. The summed E-state index contributed by atoms with van der Waals surface area (Å²) in [7, 11) is 1.53. The number of esters is 1. The van der Waals surface area contributed by atoms with Gasteiger partial charge in [0, 0.05) is 36.9 Å². The molecule has 0 radical (unpaired) electrons. The zero-order valence-electron chi connectivity index (χ0n) is 23.6. The number of methoxy groups -OCH3 is 1. The van der Waals surface area contributed by atoms with Crippen LogP contribution >= 0.6 is 0 Å². The van der Waals surface area contributed by atoms with Gasteiger partial charge < -0.3 is 24.6 Å². The molecule has 3 unspecified atom stereocenters. The van der Waals surface area contributed by atoms with Gasteiger partial charge in [0.1, 0.15) is 18.6 Å². The predicted octanol–water partition coefficient (Wildman–Crippen LogP) is 2.61. The Morgan fingerprint density at radius 2 is 1.98 bits per heavy atom. The van der Waals surface area contributed by atoms with Crippen molar-refractivity contribution in [1.29, 1.82) is 0 Å². The van der Waals surface area contributed by atoms with Gasteiger partial charge in [0.15, 0.2) is 11.5 Å². The number of aromatic nitrogens is 2. The lowest BCUT2D eigenvalue weighted by molar-refractivity contribution is -0.384. The van der Waals surface area contributed by atoms with Crippen LogP contribution in [0.25, 0.3) is 0 Å². The Morgan fingerprint density at radius 3 is 2.69 bits per heavy atom. The smallest absolute Gasteiger partial charge is 0.315 e. The molecule has 0 fully saturated rings. The highest BCUT2D eigenvalue weighted by Crippen LogP contribution is 2.41. The Bertz CT molecular complexity index is 1520. The zero-order chi connectivity index (χ0) is 30.2. The van der Waals surface area contributed by atoms with Crippen molar-refractivity contribution >= 4 is 23.1 Å². The lowest BCUT2D eigenvalue weighted by atomic mass is 9.76. The number of hydrogen-bond acceptors (Lipinski definition) is 11. The van der Waals surface area contributed by atoms with Crippen molar-refractivity contribution in [2.24, 2.45) is 10.9 Å². The largest absolute Gasteiger partial charge is 0.493 e. The van der Waals surface area contributed by atoms with Gasteiger partial charge in [-0.1, -0.05) is 24.3 Å². The van der Waals surface area contributed by atoms with Crippen LogP contribution in [0.3, 0.4) is 0 Å². The van der Waals surface area contributed by atoms with E-state index in [1.807, 2.05) is 6.07 Å². The summed E-state index contributed by atoms with van der Waals surface area (Å²) >= 11 is 0. The predicted molar refractivity (Wildman–Crippen MR) is 154 cm³/mol. The van der Waals surface area contributed by atoms with Crippen molar-refractivity contribution in [1.82, 2.24) is 15.1 Å². The van der Waals surface area contributed by atoms with Crippen LogP contribution in [-0.2, 0) is 16.1 Å². The number of rotatable bonds is 13. The summed E-state index contributed by atoms with van der Waals surface area (Å²) in [4.78, 5) is 42.2. The van der Waals surface area contributed by atoms with Gasteiger partial charge in [-0.05, 0) is 31.5 Å². The molecule has 13 heteroatoms. The number of aliphatic imine (C=N–C) groups is 1. The third kappa shape index (κ3) is 6.81. The van der Waals surface area contributed by atoms with Crippen molar-refractivity contribution in [2.75, 3.05) is 33.4 Å². The van der Waals surface area contributed by atoms with Crippen molar-refractivity contribution in [3.63, 3.8) is 0 Å². The number of para-hydroxylation sites is 2. The molecule has 222 valence electrons. The number of nitro benzene ring substituents is 1. The standard InChI is InChI=1S/C29H33N5O8/c1-4-41-29(37)25-18(2)32-22-16-31-33(28(36)27(22)26(25)19-8-7-9-20(14-19)34(38)39)13-12-30-15-21(35)17-42-24-11-6-5-10-23(24)40-3/h5-11,14,16,21,25-26,30,35H,4,12-13,15,17H2,1-3H3. The number of hydrogen-bond donors (Lipinski definition) is 2. The molecule has 0 saturated heterocycles. The molecule has 42 heavy (non-hydrogen) atoms. The third-order valence-electron chi connectivity index (χ3n) is 6.81. The average molecular weight is 580 g/mol. The number of aliphatic hydroxyl groups excluding tert-OH is 1. The number of ether oxygens (including phenoxy) is 3. The second kappa shape index (κ2) is 13.8. The van der Waals surface area contributed by atoms with Crippen LogP contribution in [-0.4, -0.2) is 71.0 Å². The molecule has 2 aromatic carbocycles. The van der Waals surface area contributed by atoms with E-state index >= 15 is 0 Å². The van der Waals surface area contributed by atoms with Crippen molar-refractivity contribution < 1.29 is 29.0 Å². The summed E-state index contributed by atoms with van der Waals surface area (Å²) in [6.45, 7) is 4.13. The van der Waals surface area contributed by atoms with Crippen molar-refractivity contribution in [3.8, 4) is 11.5 Å². The van der Waals surface area contributed by atoms with E-state index in [0.717, 1.165) is 0 Å². The summed E-state index contributed by atoms with van der Waals surface area (Å²) < 4.78 is 17.4. The third-order valence-corrected chi connectivity index (χ3v) is 6.81. The van der Waals surface area contributed by atoms with E-state index in [4.69, 9.17) is 14.2 Å². The van der Waals surface area contributed by atoms with E-state index in [9.17, 15) is 24.8 Å². The normalized spacial score (nSPS) is 16.6. The molecule has 0 saturated carbocycles. The maximum Gasteiger partial charge on any atom is 0.315 e.